The average molecular weight is 391 g/mol. The van der Waals surface area contributed by atoms with E-state index in [2.05, 4.69) is 20.3 Å². The number of thioether (sulfide) groups is 1. The zero-order valence-corrected chi connectivity index (χ0v) is 16.2. The molecule has 1 saturated heterocycles. The van der Waals surface area contributed by atoms with Crippen molar-refractivity contribution in [2.45, 2.75) is 20.3 Å². The predicted octanol–water partition coefficient (Wildman–Crippen LogP) is 2.48. The van der Waals surface area contributed by atoms with Gasteiger partial charge in [-0.15, -0.1) is 5.10 Å². The molecule has 27 heavy (non-hydrogen) atoms. The lowest BCUT2D eigenvalue weighted by Gasteiger charge is -2.11. The Morgan fingerprint density at radius 3 is 2.78 bits per heavy atom. The molecule has 1 aliphatic rings. The molecule has 1 N–H and O–H groups in total. The molecular weight excluding hydrogens is 370 g/mol. The molecule has 1 aromatic rings. The first kappa shape index (κ1) is 20.5. The van der Waals surface area contributed by atoms with Gasteiger partial charge in [-0.3, -0.25) is 10.1 Å². The predicted molar refractivity (Wildman–Crippen MR) is 104 cm³/mol. The van der Waals surface area contributed by atoms with Crippen molar-refractivity contribution in [3.63, 3.8) is 0 Å². The van der Waals surface area contributed by atoms with E-state index in [4.69, 9.17) is 9.47 Å². The van der Waals surface area contributed by atoms with Crippen molar-refractivity contribution in [3.8, 4) is 11.5 Å². The molecule has 0 aromatic heterocycles. The van der Waals surface area contributed by atoms with Crippen LogP contribution in [0.2, 0.25) is 0 Å². The summed E-state index contributed by atoms with van der Waals surface area (Å²) < 4.78 is 15.7. The lowest BCUT2D eigenvalue weighted by Crippen LogP contribution is -2.19. The van der Waals surface area contributed by atoms with E-state index in [9.17, 15) is 9.59 Å². The van der Waals surface area contributed by atoms with Crippen molar-refractivity contribution in [2.75, 3.05) is 20.3 Å². The Kier molecular flexibility index (Phi) is 7.87. The number of amides is 1. The summed E-state index contributed by atoms with van der Waals surface area (Å²) in [5.74, 6) is 0.286. The molecule has 144 valence electrons. The summed E-state index contributed by atoms with van der Waals surface area (Å²) in [6.45, 7) is 5.06. The van der Waals surface area contributed by atoms with E-state index in [-0.39, 0.29) is 10.1 Å². The van der Waals surface area contributed by atoms with E-state index in [1.165, 1.54) is 13.3 Å². The van der Waals surface area contributed by atoms with E-state index < -0.39 is 11.9 Å². The number of ether oxygens (including phenoxy) is 3. The Bertz CT molecular complexity index is 789. The summed E-state index contributed by atoms with van der Waals surface area (Å²) in [7, 11) is 1.24. The van der Waals surface area contributed by atoms with Gasteiger partial charge in [-0.05, 0) is 48.9 Å². The number of benzene rings is 1. The number of esters is 1. The van der Waals surface area contributed by atoms with Gasteiger partial charge in [0.05, 0.1) is 31.4 Å². The highest BCUT2D eigenvalue weighted by Gasteiger charge is 2.24. The smallest absolute Gasteiger partial charge is 0.331 e. The number of hydrogen-bond donors (Lipinski definition) is 1. The molecule has 0 atom stereocenters. The first-order valence-electron chi connectivity index (χ1n) is 8.36. The van der Waals surface area contributed by atoms with Crippen LogP contribution in [0.4, 0.5) is 0 Å². The molecule has 1 aromatic carbocycles. The molecule has 0 spiro atoms. The van der Waals surface area contributed by atoms with Crippen LogP contribution in [0.5, 0.6) is 11.5 Å². The zero-order valence-electron chi connectivity index (χ0n) is 15.4. The van der Waals surface area contributed by atoms with Crippen molar-refractivity contribution in [1.82, 2.24) is 5.32 Å². The Hall–Kier alpha value is -2.81. The van der Waals surface area contributed by atoms with Crippen LogP contribution in [0, 0.1) is 0 Å². The summed E-state index contributed by atoms with van der Waals surface area (Å²) in [6.07, 6.45) is 3.55. The number of carbonyl (C=O) groups excluding carboxylic acids is 2. The number of rotatable bonds is 8. The molecular formula is C18H21N3O5S. The lowest BCUT2D eigenvalue weighted by atomic mass is 10.2. The van der Waals surface area contributed by atoms with Gasteiger partial charge in [0.25, 0.3) is 5.91 Å². The monoisotopic (exact) mass is 391 g/mol. The van der Waals surface area contributed by atoms with E-state index in [0.717, 1.165) is 29.8 Å². The highest BCUT2D eigenvalue weighted by atomic mass is 32.2. The minimum Gasteiger partial charge on any atom is -0.490 e. The molecule has 0 saturated carbocycles. The summed E-state index contributed by atoms with van der Waals surface area (Å²) >= 11 is 1.01. The normalized spacial score (nSPS) is 16.8. The first-order valence-corrected chi connectivity index (χ1v) is 9.18. The number of carbonyl (C=O) groups is 2. The minimum absolute atomic E-state index is 0.201. The highest BCUT2D eigenvalue weighted by molar-refractivity contribution is 8.18. The number of nitrogens with one attached hydrogen (secondary N) is 1. The van der Waals surface area contributed by atoms with Crippen LogP contribution in [0.25, 0.3) is 0 Å². The van der Waals surface area contributed by atoms with Gasteiger partial charge in [0.1, 0.15) is 0 Å². The van der Waals surface area contributed by atoms with Crippen LogP contribution in [0.1, 0.15) is 25.8 Å². The van der Waals surface area contributed by atoms with E-state index in [1.807, 2.05) is 26.0 Å². The Labute approximate surface area is 161 Å². The highest BCUT2D eigenvalue weighted by Crippen LogP contribution is 2.28. The van der Waals surface area contributed by atoms with Crippen molar-refractivity contribution in [3.05, 3.63) is 34.7 Å². The third kappa shape index (κ3) is 6.14. The Morgan fingerprint density at radius 2 is 2.07 bits per heavy atom. The molecule has 1 aliphatic heterocycles. The van der Waals surface area contributed by atoms with Gasteiger partial charge in [0.2, 0.25) is 0 Å². The fraction of sp³-hybridized carbons (Fsp3) is 0.333. The maximum Gasteiger partial charge on any atom is 0.331 e. The van der Waals surface area contributed by atoms with Crippen molar-refractivity contribution < 1.29 is 23.8 Å². The number of nitrogens with zero attached hydrogens (tertiary/aromatic N) is 2. The standard InChI is InChI=1S/C18H21N3O5S/c1-4-8-26-13-7-6-12(9-14(13)25-5-2)11-19-21-18-20-17(23)15(27-18)10-16(22)24-3/h6-7,9-11H,4-5,8H2,1-3H3,(H,20,21,23)/b15-10+,19-11?. The Morgan fingerprint density at radius 1 is 1.26 bits per heavy atom. The third-order valence-corrected chi connectivity index (χ3v) is 4.09. The van der Waals surface area contributed by atoms with Crippen LogP contribution in [-0.4, -0.2) is 43.6 Å². The van der Waals surface area contributed by atoms with Crippen molar-refractivity contribution in [1.29, 1.82) is 0 Å². The maximum absolute atomic E-state index is 11.7. The topological polar surface area (TPSA) is 98.6 Å². The number of methoxy groups -OCH3 is 1. The largest absolute Gasteiger partial charge is 0.490 e. The fourth-order valence-electron chi connectivity index (χ4n) is 1.99. The molecule has 0 unspecified atom stereocenters. The average Bonchev–Trinajstić information content (AvgIpc) is 3.00. The molecule has 8 nitrogen and oxygen atoms in total. The lowest BCUT2D eigenvalue weighted by molar-refractivity contribution is -0.135. The van der Waals surface area contributed by atoms with E-state index >= 15 is 0 Å². The summed E-state index contributed by atoms with van der Waals surface area (Å²) in [4.78, 5) is 23.2. The van der Waals surface area contributed by atoms with E-state index in [0.29, 0.717) is 24.7 Å². The summed E-state index contributed by atoms with van der Waals surface area (Å²) in [6, 6.07) is 5.46. The van der Waals surface area contributed by atoms with E-state index in [1.54, 1.807) is 6.07 Å². The summed E-state index contributed by atoms with van der Waals surface area (Å²) in [5.41, 5.74) is 0.770. The number of amidine groups is 1. The quantitative estimate of drug-likeness (QED) is 0.316. The molecule has 0 bridgehead atoms. The zero-order chi connectivity index (χ0) is 19.6. The number of hydrogen-bond acceptors (Lipinski definition) is 8. The van der Waals surface area contributed by atoms with Gasteiger partial charge >= 0.3 is 5.97 Å². The van der Waals surface area contributed by atoms with Gasteiger partial charge in [-0.2, -0.15) is 5.10 Å². The molecule has 9 heteroatoms. The van der Waals surface area contributed by atoms with Crippen LogP contribution in [-0.2, 0) is 14.3 Å². The molecule has 2 rings (SSSR count). The minimum atomic E-state index is -0.605. The second kappa shape index (κ2) is 10.4. The second-order valence-corrected chi connectivity index (χ2v) is 6.26. The van der Waals surface area contributed by atoms with Gasteiger partial charge in [0.15, 0.2) is 16.7 Å². The first-order chi connectivity index (χ1) is 13.1. The summed E-state index contributed by atoms with van der Waals surface area (Å²) in [5, 5.41) is 10.7. The fourth-order valence-corrected chi connectivity index (χ4v) is 2.73. The molecule has 0 radical (unpaired) electrons. The van der Waals surface area contributed by atoms with Crippen LogP contribution in [0.3, 0.4) is 0 Å². The van der Waals surface area contributed by atoms with Crippen molar-refractivity contribution in [2.24, 2.45) is 10.2 Å². The molecule has 0 aliphatic carbocycles. The van der Waals surface area contributed by atoms with Crippen molar-refractivity contribution >= 4 is 35.0 Å². The molecule has 1 fully saturated rings. The van der Waals surface area contributed by atoms with Gasteiger partial charge in [-0.1, -0.05) is 6.92 Å². The van der Waals surface area contributed by atoms with Crippen LogP contribution < -0.4 is 14.8 Å². The molecule has 1 heterocycles. The van der Waals surface area contributed by atoms with Gasteiger partial charge in [0, 0.05) is 6.08 Å². The third-order valence-electron chi connectivity index (χ3n) is 3.19. The maximum atomic E-state index is 11.7. The second-order valence-electron chi connectivity index (χ2n) is 5.23. The molecule has 1 amide bonds. The van der Waals surface area contributed by atoms with Crippen LogP contribution in [0.15, 0.2) is 39.4 Å². The Balaban J connectivity index is 2.08. The SMILES string of the molecule is CCCOc1ccc(C=N/N=C2/NC(=O)/C(=C\C(=O)OC)S2)cc1OCC. The van der Waals surface area contributed by atoms with Crippen LogP contribution >= 0.6 is 11.8 Å². The van der Waals surface area contributed by atoms with Gasteiger partial charge in [-0.25, -0.2) is 4.79 Å². The van der Waals surface area contributed by atoms with Gasteiger partial charge < -0.3 is 14.2 Å².